The minimum absolute atomic E-state index is 0.0325. The van der Waals surface area contributed by atoms with Crippen molar-refractivity contribution in [3.63, 3.8) is 0 Å². The third-order valence-electron chi connectivity index (χ3n) is 2.18. The summed E-state index contributed by atoms with van der Waals surface area (Å²) in [5.41, 5.74) is 0.997. The van der Waals surface area contributed by atoms with Crippen LogP contribution in [0.4, 0.5) is 8.78 Å². The number of allylic oxidation sites excluding steroid dienone is 6. The summed E-state index contributed by atoms with van der Waals surface area (Å²) in [6.45, 7) is 9.38. The molecule has 86 valence electrons. The molecule has 0 heterocycles. The minimum Gasteiger partial charge on any atom is -0.211 e. The molecule has 0 nitrogen and oxygen atoms in total. The van der Waals surface area contributed by atoms with Gasteiger partial charge in [0.25, 0.3) is 0 Å². The maximum absolute atomic E-state index is 13.3. The highest BCUT2D eigenvalue weighted by molar-refractivity contribution is 5.38. The van der Waals surface area contributed by atoms with Crippen LogP contribution in [-0.4, -0.2) is 0 Å². The molecular formula is C13H20F2. The lowest BCUT2D eigenvalue weighted by Crippen LogP contribution is -1.93. The van der Waals surface area contributed by atoms with Gasteiger partial charge < -0.3 is 0 Å². The van der Waals surface area contributed by atoms with Crippen molar-refractivity contribution in [1.82, 2.24) is 0 Å². The molecule has 15 heavy (non-hydrogen) atoms. The van der Waals surface area contributed by atoms with Gasteiger partial charge in [-0.3, -0.25) is 0 Å². The van der Waals surface area contributed by atoms with Crippen LogP contribution in [-0.2, 0) is 0 Å². The summed E-state index contributed by atoms with van der Waals surface area (Å²) in [5.74, 6) is -0.511. The van der Waals surface area contributed by atoms with E-state index in [2.05, 4.69) is 0 Å². The highest BCUT2D eigenvalue weighted by atomic mass is 19.1. The lowest BCUT2D eigenvalue weighted by Gasteiger charge is -2.06. The third-order valence-corrected chi connectivity index (χ3v) is 2.18. The SMILES string of the molecule is CC.CC1=CCC(F)=C(C(C)C)C=C1F. The summed E-state index contributed by atoms with van der Waals surface area (Å²) in [4.78, 5) is 0. The molecule has 1 aliphatic rings. The Bertz CT molecular complexity index is 294. The Morgan fingerprint density at radius 3 is 2.20 bits per heavy atom. The summed E-state index contributed by atoms with van der Waals surface area (Å²) in [6.07, 6.45) is 3.10. The van der Waals surface area contributed by atoms with Crippen LogP contribution in [0.1, 0.15) is 41.0 Å². The largest absolute Gasteiger partial charge is 0.211 e. The fourth-order valence-electron chi connectivity index (χ4n) is 1.27. The van der Waals surface area contributed by atoms with Crippen LogP contribution >= 0.6 is 0 Å². The summed E-state index contributed by atoms with van der Waals surface area (Å²) in [6, 6.07) is 0. The van der Waals surface area contributed by atoms with Crippen LogP contribution < -0.4 is 0 Å². The minimum atomic E-state index is -0.323. The molecule has 0 atom stereocenters. The average molecular weight is 214 g/mol. The first kappa shape index (κ1) is 14.1. The second kappa shape index (κ2) is 6.54. The lowest BCUT2D eigenvalue weighted by molar-refractivity contribution is 0.584. The fraction of sp³-hybridized carbons (Fsp3) is 0.538. The van der Waals surface area contributed by atoms with Gasteiger partial charge in [-0.1, -0.05) is 33.8 Å². The molecule has 0 unspecified atom stereocenters. The zero-order valence-electron chi connectivity index (χ0n) is 10.2. The number of halogens is 2. The van der Waals surface area contributed by atoms with E-state index in [1.165, 1.54) is 6.08 Å². The zero-order chi connectivity index (χ0) is 12.0. The van der Waals surface area contributed by atoms with E-state index >= 15 is 0 Å². The van der Waals surface area contributed by atoms with Crippen LogP contribution in [0.25, 0.3) is 0 Å². The molecule has 0 amide bonds. The number of hydrogen-bond acceptors (Lipinski definition) is 0. The molecule has 1 rings (SSSR count). The van der Waals surface area contributed by atoms with Crippen molar-refractivity contribution in [3.8, 4) is 0 Å². The molecule has 0 N–H and O–H groups in total. The number of rotatable bonds is 1. The molecule has 0 bridgehead atoms. The first-order valence-corrected chi connectivity index (χ1v) is 5.45. The van der Waals surface area contributed by atoms with Crippen LogP contribution in [0.5, 0.6) is 0 Å². The summed E-state index contributed by atoms with van der Waals surface area (Å²) in [5, 5.41) is 0. The molecule has 0 aromatic carbocycles. The normalized spacial score (nSPS) is 16.5. The van der Waals surface area contributed by atoms with Crippen molar-refractivity contribution in [2.45, 2.75) is 41.0 Å². The Hall–Kier alpha value is -0.920. The predicted octanol–water partition coefficient (Wildman–Crippen LogP) is 5.10. The van der Waals surface area contributed by atoms with Gasteiger partial charge in [0.1, 0.15) is 11.7 Å². The fourth-order valence-corrected chi connectivity index (χ4v) is 1.27. The zero-order valence-corrected chi connectivity index (χ0v) is 10.2. The van der Waals surface area contributed by atoms with Crippen LogP contribution in [0.15, 0.2) is 35.0 Å². The first-order chi connectivity index (χ1) is 7.02. The monoisotopic (exact) mass is 214 g/mol. The quantitative estimate of drug-likeness (QED) is 0.570. The maximum Gasteiger partial charge on any atom is 0.126 e. The Morgan fingerprint density at radius 2 is 1.73 bits per heavy atom. The van der Waals surface area contributed by atoms with Gasteiger partial charge in [0, 0.05) is 6.42 Å². The molecule has 1 aliphatic carbocycles. The molecule has 2 heteroatoms. The smallest absolute Gasteiger partial charge is 0.126 e. The van der Waals surface area contributed by atoms with E-state index in [1.54, 1.807) is 13.0 Å². The molecule has 0 fully saturated rings. The Kier molecular flexibility index (Phi) is 6.14. The molecular weight excluding hydrogens is 194 g/mol. The van der Waals surface area contributed by atoms with Crippen LogP contribution in [0.3, 0.4) is 0 Å². The van der Waals surface area contributed by atoms with Gasteiger partial charge in [-0.05, 0) is 30.1 Å². The molecule has 0 saturated carbocycles. The summed E-state index contributed by atoms with van der Waals surface area (Å²) in [7, 11) is 0. The van der Waals surface area contributed by atoms with Gasteiger partial charge in [0.15, 0.2) is 0 Å². The van der Waals surface area contributed by atoms with E-state index in [0.717, 1.165) is 0 Å². The molecule has 0 aromatic heterocycles. The van der Waals surface area contributed by atoms with Gasteiger partial charge >= 0.3 is 0 Å². The van der Waals surface area contributed by atoms with Crippen molar-refractivity contribution in [2.24, 2.45) is 5.92 Å². The highest BCUT2D eigenvalue weighted by Gasteiger charge is 2.13. The Morgan fingerprint density at radius 1 is 1.20 bits per heavy atom. The second-order valence-electron chi connectivity index (χ2n) is 3.60. The standard InChI is InChI=1S/C11H14F2.C2H6/c1-7(2)9-6-11(13)8(3)4-5-10(9)12;1-2/h4,6-7H,5H2,1-3H3;1-2H3. The van der Waals surface area contributed by atoms with Crippen molar-refractivity contribution in [3.05, 3.63) is 35.0 Å². The third kappa shape index (κ3) is 3.98. The topological polar surface area (TPSA) is 0 Å². The van der Waals surface area contributed by atoms with E-state index < -0.39 is 0 Å². The van der Waals surface area contributed by atoms with Crippen molar-refractivity contribution in [1.29, 1.82) is 0 Å². The second-order valence-corrected chi connectivity index (χ2v) is 3.60. The van der Waals surface area contributed by atoms with Crippen molar-refractivity contribution < 1.29 is 8.78 Å². The van der Waals surface area contributed by atoms with E-state index in [9.17, 15) is 8.78 Å². The van der Waals surface area contributed by atoms with Gasteiger partial charge in [-0.15, -0.1) is 0 Å². The molecule has 0 radical (unpaired) electrons. The van der Waals surface area contributed by atoms with Gasteiger partial charge in [-0.2, -0.15) is 0 Å². The van der Waals surface area contributed by atoms with Crippen LogP contribution in [0, 0.1) is 5.92 Å². The summed E-state index contributed by atoms with van der Waals surface area (Å²) < 4.78 is 26.5. The Balaban J connectivity index is 0.000000921. The average Bonchev–Trinajstić information content (AvgIpc) is 2.34. The molecule has 0 spiro atoms. The molecule has 0 saturated heterocycles. The van der Waals surface area contributed by atoms with E-state index in [4.69, 9.17) is 0 Å². The highest BCUT2D eigenvalue weighted by Crippen LogP contribution is 2.28. The molecule has 0 aromatic rings. The predicted molar refractivity (Wildman–Crippen MR) is 61.9 cm³/mol. The first-order valence-electron chi connectivity index (χ1n) is 5.45. The van der Waals surface area contributed by atoms with Gasteiger partial charge in [0.05, 0.1) is 0 Å². The van der Waals surface area contributed by atoms with Crippen LogP contribution in [0.2, 0.25) is 0 Å². The van der Waals surface area contributed by atoms with Gasteiger partial charge in [-0.25, -0.2) is 8.78 Å². The lowest BCUT2D eigenvalue weighted by atomic mass is 10.0. The van der Waals surface area contributed by atoms with Crippen molar-refractivity contribution in [2.75, 3.05) is 0 Å². The van der Waals surface area contributed by atoms with Crippen molar-refractivity contribution >= 4 is 0 Å². The van der Waals surface area contributed by atoms with E-state index in [0.29, 0.717) is 11.1 Å². The maximum atomic E-state index is 13.3. The van der Waals surface area contributed by atoms with E-state index in [-0.39, 0.29) is 24.0 Å². The van der Waals surface area contributed by atoms with Gasteiger partial charge in [0.2, 0.25) is 0 Å². The van der Waals surface area contributed by atoms with E-state index in [1.807, 2.05) is 27.7 Å². The summed E-state index contributed by atoms with van der Waals surface area (Å²) >= 11 is 0. The Labute approximate surface area is 91.4 Å². The molecule has 0 aliphatic heterocycles. The number of hydrogen-bond donors (Lipinski definition) is 0.